The maximum absolute atomic E-state index is 12.4. The molecule has 7 heteroatoms. The highest BCUT2D eigenvalue weighted by Gasteiger charge is 2.32. The van der Waals surface area contributed by atoms with Crippen LogP contribution in [-0.2, 0) is 0 Å². The lowest BCUT2D eigenvalue weighted by Crippen LogP contribution is -2.18. The number of carbonyl (C=O) groups excluding carboxylic acids is 1. The molecule has 0 unspecified atom stereocenters. The van der Waals surface area contributed by atoms with E-state index in [0.717, 1.165) is 0 Å². The quantitative estimate of drug-likeness (QED) is 0.805. The lowest BCUT2D eigenvalue weighted by Gasteiger charge is -2.14. The molecule has 112 valence electrons. The van der Waals surface area contributed by atoms with Crippen molar-refractivity contribution in [3.63, 3.8) is 0 Å². The molecular weight excluding hydrogens is 285 g/mol. The number of alkyl halides is 3. The second-order valence-electron chi connectivity index (χ2n) is 4.67. The highest BCUT2D eigenvalue weighted by atomic mass is 19.4. The number of halogens is 3. The zero-order chi connectivity index (χ0) is 15.6. The highest BCUT2D eigenvalue weighted by Crippen LogP contribution is 2.31. The number of nitrogens with zero attached hydrogens (tertiary/aromatic N) is 2. The molecule has 0 saturated carbocycles. The smallest absolute Gasteiger partial charge is 0.405 e. The van der Waals surface area contributed by atoms with Crippen molar-refractivity contribution < 1.29 is 22.7 Å². The molecule has 0 aliphatic heterocycles. The van der Waals surface area contributed by atoms with E-state index in [4.69, 9.17) is 0 Å². The van der Waals surface area contributed by atoms with Crippen LogP contribution >= 0.6 is 0 Å². The van der Waals surface area contributed by atoms with E-state index in [9.17, 15) is 18.0 Å². The Labute approximate surface area is 119 Å². The van der Waals surface area contributed by atoms with Crippen LogP contribution in [0.25, 0.3) is 11.3 Å². The van der Waals surface area contributed by atoms with Crippen LogP contribution in [0, 0.1) is 0 Å². The average molecular weight is 298 g/mol. The summed E-state index contributed by atoms with van der Waals surface area (Å²) in [5.41, 5.74) is 0.979. The minimum Gasteiger partial charge on any atom is -0.405 e. The summed E-state index contributed by atoms with van der Waals surface area (Å²) in [6, 6.07) is 5.78. The first-order valence-electron chi connectivity index (χ1n) is 6.20. The van der Waals surface area contributed by atoms with Gasteiger partial charge in [-0.1, -0.05) is 6.07 Å². The summed E-state index contributed by atoms with van der Waals surface area (Å²) in [6.45, 7) is 3.81. The van der Waals surface area contributed by atoms with Gasteiger partial charge in [0.25, 0.3) is 0 Å². The summed E-state index contributed by atoms with van der Waals surface area (Å²) in [5, 5.41) is 4.12. The predicted molar refractivity (Wildman–Crippen MR) is 70.1 cm³/mol. The van der Waals surface area contributed by atoms with Gasteiger partial charge >= 0.3 is 6.36 Å². The molecule has 4 nitrogen and oxygen atoms in total. The fourth-order valence-corrected chi connectivity index (χ4v) is 1.96. The standard InChI is InChI=1S/C14H13F3N2O2/c1-9(2)19-12(5-6-18-19)10-3-4-11(8-20)13(7-10)21-14(15,16)17/h3-9H,1-2H3. The van der Waals surface area contributed by atoms with Crippen LogP contribution in [0.15, 0.2) is 30.5 Å². The Balaban J connectivity index is 2.49. The number of aromatic nitrogens is 2. The number of ether oxygens (including phenoxy) is 1. The van der Waals surface area contributed by atoms with Gasteiger partial charge < -0.3 is 4.74 Å². The number of hydrogen-bond donors (Lipinski definition) is 0. The second-order valence-corrected chi connectivity index (χ2v) is 4.67. The fourth-order valence-electron chi connectivity index (χ4n) is 1.96. The van der Waals surface area contributed by atoms with E-state index in [1.807, 2.05) is 13.8 Å². The van der Waals surface area contributed by atoms with Crippen LogP contribution in [0.1, 0.15) is 30.2 Å². The molecule has 21 heavy (non-hydrogen) atoms. The largest absolute Gasteiger partial charge is 0.573 e. The SMILES string of the molecule is CC(C)n1nccc1-c1ccc(C=O)c(OC(F)(F)F)c1. The molecule has 0 spiro atoms. The van der Waals surface area contributed by atoms with Crippen molar-refractivity contribution in [1.29, 1.82) is 0 Å². The van der Waals surface area contributed by atoms with Gasteiger partial charge in [-0.15, -0.1) is 13.2 Å². The third-order valence-electron chi connectivity index (χ3n) is 2.82. The lowest BCUT2D eigenvalue weighted by atomic mass is 10.1. The fraction of sp³-hybridized carbons (Fsp3) is 0.286. The van der Waals surface area contributed by atoms with Crippen molar-refractivity contribution in [2.24, 2.45) is 0 Å². The summed E-state index contributed by atoms with van der Waals surface area (Å²) in [4.78, 5) is 10.8. The molecule has 2 aromatic rings. The van der Waals surface area contributed by atoms with Gasteiger partial charge in [-0.25, -0.2) is 0 Å². The Morgan fingerprint density at radius 3 is 2.57 bits per heavy atom. The molecule has 2 rings (SSSR count). The van der Waals surface area contributed by atoms with Gasteiger partial charge in [0.05, 0.1) is 11.3 Å². The van der Waals surface area contributed by atoms with E-state index in [2.05, 4.69) is 9.84 Å². The van der Waals surface area contributed by atoms with Gasteiger partial charge in [0.2, 0.25) is 0 Å². The van der Waals surface area contributed by atoms with Gasteiger partial charge in [-0.2, -0.15) is 5.10 Å². The van der Waals surface area contributed by atoms with Crippen molar-refractivity contribution >= 4 is 6.29 Å². The highest BCUT2D eigenvalue weighted by molar-refractivity contribution is 5.81. The van der Waals surface area contributed by atoms with Gasteiger partial charge in [-0.05, 0) is 32.0 Å². The topological polar surface area (TPSA) is 44.1 Å². The third-order valence-corrected chi connectivity index (χ3v) is 2.82. The van der Waals surface area contributed by atoms with E-state index in [-0.39, 0.29) is 11.6 Å². The minimum atomic E-state index is -4.85. The van der Waals surface area contributed by atoms with Gasteiger partial charge in [0.15, 0.2) is 6.29 Å². The molecule has 0 saturated heterocycles. The Bertz CT molecular complexity index is 648. The molecule has 0 aliphatic rings. The second kappa shape index (κ2) is 5.59. The molecule has 0 amide bonds. The third kappa shape index (κ3) is 3.42. The first-order valence-corrected chi connectivity index (χ1v) is 6.20. The Morgan fingerprint density at radius 2 is 2.00 bits per heavy atom. The van der Waals surface area contributed by atoms with Crippen molar-refractivity contribution in [2.75, 3.05) is 0 Å². The Hall–Kier alpha value is -2.31. The summed E-state index contributed by atoms with van der Waals surface area (Å²) < 4.78 is 42.7. The van der Waals surface area contributed by atoms with Gasteiger partial charge in [-0.3, -0.25) is 9.48 Å². The van der Waals surface area contributed by atoms with E-state index < -0.39 is 12.1 Å². The lowest BCUT2D eigenvalue weighted by molar-refractivity contribution is -0.274. The maximum Gasteiger partial charge on any atom is 0.573 e. The molecule has 1 aromatic heterocycles. The number of rotatable bonds is 4. The molecule has 0 radical (unpaired) electrons. The summed E-state index contributed by atoms with van der Waals surface area (Å²) in [7, 11) is 0. The molecule has 1 aromatic carbocycles. The van der Waals surface area contributed by atoms with Crippen LogP contribution < -0.4 is 4.74 Å². The summed E-state index contributed by atoms with van der Waals surface area (Å²) in [5.74, 6) is -0.522. The van der Waals surface area contributed by atoms with Crippen LogP contribution in [0.4, 0.5) is 13.2 Å². The molecule has 0 bridgehead atoms. The monoisotopic (exact) mass is 298 g/mol. The number of carbonyl (C=O) groups is 1. The number of hydrogen-bond acceptors (Lipinski definition) is 3. The molecule has 0 N–H and O–H groups in total. The molecule has 0 atom stereocenters. The van der Waals surface area contributed by atoms with E-state index in [1.165, 1.54) is 12.1 Å². The van der Waals surface area contributed by atoms with Crippen molar-refractivity contribution in [3.05, 3.63) is 36.0 Å². The zero-order valence-electron chi connectivity index (χ0n) is 11.4. The van der Waals surface area contributed by atoms with Crippen LogP contribution in [0.2, 0.25) is 0 Å². The molecule has 0 fully saturated rings. The van der Waals surface area contributed by atoms with Crippen molar-refractivity contribution in [1.82, 2.24) is 9.78 Å². The van der Waals surface area contributed by atoms with Crippen molar-refractivity contribution in [2.45, 2.75) is 26.3 Å². The number of benzene rings is 1. The van der Waals surface area contributed by atoms with Crippen LogP contribution in [0.3, 0.4) is 0 Å². The van der Waals surface area contributed by atoms with E-state index in [1.54, 1.807) is 23.0 Å². The molecule has 1 heterocycles. The minimum absolute atomic E-state index is 0.0488. The summed E-state index contributed by atoms with van der Waals surface area (Å²) in [6.07, 6.45) is -2.97. The van der Waals surface area contributed by atoms with Gasteiger partial charge in [0.1, 0.15) is 5.75 Å². The normalized spacial score (nSPS) is 11.7. The van der Waals surface area contributed by atoms with Crippen molar-refractivity contribution in [3.8, 4) is 17.0 Å². The Morgan fingerprint density at radius 1 is 1.29 bits per heavy atom. The van der Waals surface area contributed by atoms with Crippen LogP contribution in [-0.4, -0.2) is 22.4 Å². The zero-order valence-corrected chi connectivity index (χ0v) is 11.4. The first kappa shape index (κ1) is 15.1. The van der Waals surface area contributed by atoms with E-state index >= 15 is 0 Å². The molecule has 0 aliphatic carbocycles. The molecular formula is C14H13F3N2O2. The maximum atomic E-state index is 12.4. The Kier molecular flexibility index (Phi) is 4.02. The number of aldehydes is 1. The predicted octanol–water partition coefficient (Wildman–Crippen LogP) is 3.84. The van der Waals surface area contributed by atoms with Gasteiger partial charge in [0, 0.05) is 17.8 Å². The van der Waals surface area contributed by atoms with Crippen LogP contribution in [0.5, 0.6) is 5.75 Å². The van der Waals surface area contributed by atoms with E-state index in [0.29, 0.717) is 17.5 Å². The average Bonchev–Trinajstić information content (AvgIpc) is 2.86. The first-order chi connectivity index (χ1) is 9.81. The summed E-state index contributed by atoms with van der Waals surface area (Å²) >= 11 is 0.